The lowest BCUT2D eigenvalue weighted by Gasteiger charge is -2.29. The Morgan fingerprint density at radius 1 is 1.41 bits per heavy atom. The Morgan fingerprint density at radius 3 is 2.76 bits per heavy atom. The number of hydrogen-bond donors (Lipinski definition) is 2. The van der Waals surface area contributed by atoms with Crippen molar-refractivity contribution >= 4 is 5.82 Å². The van der Waals surface area contributed by atoms with Gasteiger partial charge in [0.15, 0.2) is 0 Å². The maximum atomic E-state index is 11.7. The third-order valence-corrected chi connectivity index (χ3v) is 3.77. The second-order valence-corrected chi connectivity index (χ2v) is 5.00. The summed E-state index contributed by atoms with van der Waals surface area (Å²) >= 11 is 0. The smallest absolute Gasteiger partial charge is 0.329 e. The van der Waals surface area contributed by atoms with Gasteiger partial charge in [-0.1, -0.05) is 26.2 Å². The van der Waals surface area contributed by atoms with Crippen molar-refractivity contribution in [3.63, 3.8) is 0 Å². The van der Waals surface area contributed by atoms with Crippen LogP contribution >= 0.6 is 0 Å². The summed E-state index contributed by atoms with van der Waals surface area (Å²) < 4.78 is 1.48. The van der Waals surface area contributed by atoms with Crippen molar-refractivity contribution in [2.24, 2.45) is 11.8 Å². The molecule has 0 spiro atoms. The van der Waals surface area contributed by atoms with E-state index in [1.807, 2.05) is 0 Å². The molecule has 0 bridgehead atoms. The number of H-pyrrole nitrogens is 1. The molecule has 0 aromatic carbocycles. The molecule has 17 heavy (non-hydrogen) atoms. The van der Waals surface area contributed by atoms with Gasteiger partial charge in [0.05, 0.1) is 0 Å². The van der Waals surface area contributed by atoms with Gasteiger partial charge in [-0.2, -0.15) is 0 Å². The molecule has 0 saturated heterocycles. The van der Waals surface area contributed by atoms with Crippen LogP contribution in [0.1, 0.15) is 32.6 Å². The summed E-state index contributed by atoms with van der Waals surface area (Å²) in [4.78, 5) is 25.0. The zero-order valence-electron chi connectivity index (χ0n) is 10.1. The summed E-state index contributed by atoms with van der Waals surface area (Å²) in [5.41, 5.74) is 4.90. The lowest BCUT2D eigenvalue weighted by molar-refractivity contribution is 0.227. The van der Waals surface area contributed by atoms with Gasteiger partial charge in [-0.25, -0.2) is 4.79 Å². The number of nitrogens with zero attached hydrogens (tertiary/aromatic N) is 1. The first kappa shape index (κ1) is 12.0. The summed E-state index contributed by atoms with van der Waals surface area (Å²) in [6, 6.07) is 1.27. The van der Waals surface area contributed by atoms with Gasteiger partial charge in [0, 0.05) is 12.6 Å². The molecule has 1 aliphatic carbocycles. The van der Waals surface area contributed by atoms with Crippen LogP contribution in [-0.4, -0.2) is 9.55 Å². The van der Waals surface area contributed by atoms with Gasteiger partial charge in [0.25, 0.3) is 5.56 Å². The molecule has 5 heteroatoms. The quantitative estimate of drug-likeness (QED) is 0.803. The number of aromatic nitrogens is 2. The Balaban J connectivity index is 2.24. The molecule has 0 amide bonds. The summed E-state index contributed by atoms with van der Waals surface area (Å²) in [6.45, 7) is 2.83. The van der Waals surface area contributed by atoms with Gasteiger partial charge in [0.1, 0.15) is 5.82 Å². The second-order valence-electron chi connectivity index (χ2n) is 5.00. The summed E-state index contributed by atoms with van der Waals surface area (Å²) in [5.74, 6) is 1.35. The van der Waals surface area contributed by atoms with Gasteiger partial charge in [-0.15, -0.1) is 0 Å². The van der Waals surface area contributed by atoms with Gasteiger partial charge in [0.2, 0.25) is 0 Å². The highest BCUT2D eigenvalue weighted by Gasteiger charge is 2.22. The first-order chi connectivity index (χ1) is 8.08. The minimum absolute atomic E-state index is 0.261. The Labute approximate surface area is 99.7 Å². The summed E-state index contributed by atoms with van der Waals surface area (Å²) in [6.07, 6.45) is 4.83. The highest BCUT2D eigenvalue weighted by Crippen LogP contribution is 2.30. The minimum Gasteiger partial charge on any atom is -0.385 e. The highest BCUT2D eigenvalue weighted by molar-refractivity contribution is 5.26. The molecule has 2 rings (SSSR count). The van der Waals surface area contributed by atoms with Crippen LogP contribution in [0.4, 0.5) is 5.82 Å². The zero-order valence-corrected chi connectivity index (χ0v) is 10.1. The molecule has 1 fully saturated rings. The number of aromatic amines is 1. The predicted octanol–water partition coefficient (Wildman–Crippen LogP) is 0.945. The third kappa shape index (κ3) is 2.60. The van der Waals surface area contributed by atoms with Gasteiger partial charge in [-0.05, 0) is 18.3 Å². The van der Waals surface area contributed by atoms with Gasteiger partial charge >= 0.3 is 5.69 Å². The molecule has 94 valence electrons. The Kier molecular flexibility index (Phi) is 3.36. The monoisotopic (exact) mass is 237 g/mol. The first-order valence-corrected chi connectivity index (χ1v) is 6.17. The highest BCUT2D eigenvalue weighted by atomic mass is 16.2. The fraction of sp³-hybridized carbons (Fsp3) is 0.667. The van der Waals surface area contributed by atoms with Crippen molar-refractivity contribution in [1.82, 2.24) is 9.55 Å². The lowest BCUT2D eigenvalue weighted by Crippen LogP contribution is -2.35. The van der Waals surface area contributed by atoms with E-state index in [0.29, 0.717) is 18.4 Å². The van der Waals surface area contributed by atoms with E-state index < -0.39 is 11.2 Å². The molecule has 0 aliphatic heterocycles. The zero-order chi connectivity index (χ0) is 12.4. The van der Waals surface area contributed by atoms with Crippen LogP contribution in [0.5, 0.6) is 0 Å². The van der Waals surface area contributed by atoms with E-state index in [4.69, 9.17) is 5.73 Å². The van der Waals surface area contributed by atoms with Crippen LogP contribution in [0.25, 0.3) is 0 Å². The van der Waals surface area contributed by atoms with Crippen molar-refractivity contribution < 1.29 is 0 Å². The summed E-state index contributed by atoms with van der Waals surface area (Å²) in [7, 11) is 0. The van der Waals surface area contributed by atoms with E-state index in [2.05, 4.69) is 11.9 Å². The van der Waals surface area contributed by atoms with E-state index in [0.717, 1.165) is 6.42 Å². The number of nitrogens with one attached hydrogen (secondary N) is 1. The van der Waals surface area contributed by atoms with Crippen LogP contribution in [0, 0.1) is 11.8 Å². The average molecular weight is 237 g/mol. The normalized spacial score (nSPS) is 24.8. The second kappa shape index (κ2) is 4.77. The van der Waals surface area contributed by atoms with E-state index in [9.17, 15) is 9.59 Å². The van der Waals surface area contributed by atoms with Crippen LogP contribution < -0.4 is 17.0 Å². The van der Waals surface area contributed by atoms with Gasteiger partial charge < -0.3 is 5.73 Å². The number of nitrogens with two attached hydrogens (primary N) is 1. The molecule has 1 heterocycles. The van der Waals surface area contributed by atoms with Crippen molar-refractivity contribution in [1.29, 1.82) is 0 Å². The third-order valence-electron chi connectivity index (χ3n) is 3.77. The molecule has 3 N–H and O–H groups in total. The van der Waals surface area contributed by atoms with Crippen molar-refractivity contribution in [3.8, 4) is 0 Å². The Hall–Kier alpha value is -1.52. The molecular weight excluding hydrogens is 218 g/mol. The van der Waals surface area contributed by atoms with Crippen LogP contribution in [-0.2, 0) is 6.54 Å². The molecule has 5 nitrogen and oxygen atoms in total. The molecule has 0 radical (unpaired) electrons. The van der Waals surface area contributed by atoms with Crippen LogP contribution in [0.2, 0.25) is 0 Å². The largest absolute Gasteiger partial charge is 0.385 e. The maximum Gasteiger partial charge on any atom is 0.329 e. The summed E-state index contributed by atoms with van der Waals surface area (Å²) in [5, 5.41) is 0. The minimum atomic E-state index is -0.430. The molecule has 2 atom stereocenters. The molecule has 1 aromatic rings. The van der Waals surface area contributed by atoms with E-state index >= 15 is 0 Å². The predicted molar refractivity (Wildman–Crippen MR) is 66.9 cm³/mol. The van der Waals surface area contributed by atoms with Crippen molar-refractivity contribution in [2.45, 2.75) is 39.2 Å². The van der Waals surface area contributed by atoms with E-state index in [-0.39, 0.29) is 5.82 Å². The fourth-order valence-corrected chi connectivity index (χ4v) is 2.63. The molecule has 2 unspecified atom stereocenters. The number of rotatable bonds is 2. The fourth-order valence-electron chi connectivity index (χ4n) is 2.63. The SMILES string of the molecule is CC1CCCCC1Cn1c(N)cc(=O)[nH]c1=O. The number of hydrogen-bond acceptors (Lipinski definition) is 3. The van der Waals surface area contributed by atoms with Crippen molar-refractivity contribution in [2.75, 3.05) is 5.73 Å². The average Bonchev–Trinajstić information content (AvgIpc) is 2.25. The first-order valence-electron chi connectivity index (χ1n) is 6.17. The number of anilines is 1. The van der Waals surface area contributed by atoms with E-state index in [1.165, 1.54) is 29.9 Å². The molecule has 1 saturated carbocycles. The molecular formula is C12H19N3O2. The maximum absolute atomic E-state index is 11.7. The lowest BCUT2D eigenvalue weighted by atomic mass is 9.80. The topological polar surface area (TPSA) is 80.9 Å². The molecule has 1 aliphatic rings. The van der Waals surface area contributed by atoms with E-state index in [1.54, 1.807) is 0 Å². The number of nitrogen functional groups attached to an aromatic ring is 1. The van der Waals surface area contributed by atoms with Crippen molar-refractivity contribution in [3.05, 3.63) is 26.9 Å². The molecule has 1 aromatic heterocycles. The van der Waals surface area contributed by atoms with Crippen LogP contribution in [0.3, 0.4) is 0 Å². The Bertz CT molecular complexity index is 503. The van der Waals surface area contributed by atoms with Crippen LogP contribution in [0.15, 0.2) is 15.7 Å². The van der Waals surface area contributed by atoms with Gasteiger partial charge in [-0.3, -0.25) is 14.3 Å². The standard InChI is InChI=1S/C12H19N3O2/c1-8-4-2-3-5-9(8)7-15-10(13)6-11(16)14-12(15)17/h6,8-9H,2-5,7,13H2,1H3,(H,14,16,17). The Morgan fingerprint density at radius 2 is 2.12 bits per heavy atom.